The van der Waals surface area contributed by atoms with Crippen LogP contribution >= 0.6 is 0 Å². The molecule has 1 aliphatic rings. The highest BCUT2D eigenvalue weighted by Gasteiger charge is 2.56. The van der Waals surface area contributed by atoms with E-state index in [1.165, 1.54) is 0 Å². The van der Waals surface area contributed by atoms with Gasteiger partial charge in [-0.1, -0.05) is 6.92 Å². The van der Waals surface area contributed by atoms with E-state index in [4.69, 9.17) is 4.74 Å². The van der Waals surface area contributed by atoms with E-state index in [9.17, 15) is 4.79 Å². The molecule has 0 saturated carbocycles. The Morgan fingerprint density at radius 2 is 2.15 bits per heavy atom. The standard InChI is InChI=1S/C10H19NO2/c1-6-10(4)7(11-8(10)12)9(2,3)13-5/h7H,6H2,1-5H3,(H,11,12). The summed E-state index contributed by atoms with van der Waals surface area (Å²) in [5, 5.41) is 2.91. The summed E-state index contributed by atoms with van der Waals surface area (Å²) in [6, 6.07) is 0.127. The van der Waals surface area contributed by atoms with Gasteiger partial charge in [-0.05, 0) is 27.2 Å². The lowest BCUT2D eigenvalue weighted by Gasteiger charge is -2.52. The zero-order chi connectivity index (χ0) is 10.3. The predicted octanol–water partition coefficient (Wildman–Crippen LogP) is 1.33. The van der Waals surface area contributed by atoms with Crippen molar-refractivity contribution in [3.05, 3.63) is 0 Å². The van der Waals surface area contributed by atoms with Crippen LogP contribution in [0, 0.1) is 5.41 Å². The van der Waals surface area contributed by atoms with E-state index >= 15 is 0 Å². The highest BCUT2D eigenvalue weighted by molar-refractivity contribution is 5.90. The number of ether oxygens (including phenoxy) is 1. The van der Waals surface area contributed by atoms with Crippen molar-refractivity contribution in [3.63, 3.8) is 0 Å². The molecular weight excluding hydrogens is 166 g/mol. The number of carbonyl (C=O) groups is 1. The number of β-lactam (4-membered cyclic amide) rings is 1. The van der Waals surface area contributed by atoms with Crippen LogP contribution in [0.15, 0.2) is 0 Å². The third-order valence-corrected chi connectivity index (χ3v) is 3.39. The molecule has 0 radical (unpaired) electrons. The molecule has 0 aliphatic carbocycles. The highest BCUT2D eigenvalue weighted by atomic mass is 16.5. The number of hydrogen-bond donors (Lipinski definition) is 1. The number of hydrogen-bond acceptors (Lipinski definition) is 2. The Morgan fingerprint density at radius 3 is 2.46 bits per heavy atom. The maximum absolute atomic E-state index is 11.4. The van der Waals surface area contributed by atoms with Crippen LogP contribution in [0.3, 0.4) is 0 Å². The molecule has 2 unspecified atom stereocenters. The third-order valence-electron chi connectivity index (χ3n) is 3.39. The Bertz CT molecular complexity index is 225. The summed E-state index contributed by atoms with van der Waals surface area (Å²) < 4.78 is 5.37. The fourth-order valence-corrected chi connectivity index (χ4v) is 1.93. The van der Waals surface area contributed by atoms with E-state index in [-0.39, 0.29) is 23.0 Å². The first-order valence-electron chi connectivity index (χ1n) is 4.74. The molecule has 0 aromatic heterocycles. The minimum atomic E-state index is -0.279. The minimum absolute atomic E-state index is 0.127. The van der Waals surface area contributed by atoms with Gasteiger partial charge >= 0.3 is 0 Å². The van der Waals surface area contributed by atoms with Crippen LogP contribution in [0.4, 0.5) is 0 Å². The lowest BCUT2D eigenvalue weighted by atomic mass is 9.66. The van der Waals surface area contributed by atoms with E-state index in [1.807, 2.05) is 27.7 Å². The first-order valence-corrected chi connectivity index (χ1v) is 4.74. The maximum atomic E-state index is 11.4. The van der Waals surface area contributed by atoms with Gasteiger partial charge in [0.1, 0.15) is 0 Å². The van der Waals surface area contributed by atoms with Gasteiger partial charge in [0.2, 0.25) is 5.91 Å². The average Bonchev–Trinajstić information content (AvgIpc) is 2.12. The van der Waals surface area contributed by atoms with Gasteiger partial charge in [-0.2, -0.15) is 0 Å². The summed E-state index contributed by atoms with van der Waals surface area (Å²) in [5.41, 5.74) is -0.530. The van der Waals surface area contributed by atoms with E-state index in [2.05, 4.69) is 5.32 Å². The van der Waals surface area contributed by atoms with Crippen LogP contribution in [-0.2, 0) is 9.53 Å². The molecule has 1 rings (SSSR count). The minimum Gasteiger partial charge on any atom is -0.377 e. The molecular formula is C10H19NO2. The number of carbonyl (C=O) groups excluding carboxylic acids is 1. The summed E-state index contributed by atoms with van der Waals surface area (Å²) in [5.74, 6) is 0.144. The topological polar surface area (TPSA) is 38.3 Å². The molecule has 1 N–H and O–H groups in total. The van der Waals surface area contributed by atoms with Crippen molar-refractivity contribution in [1.29, 1.82) is 0 Å². The number of amides is 1. The molecule has 0 bridgehead atoms. The second-order valence-corrected chi connectivity index (χ2v) is 4.49. The Labute approximate surface area is 79.8 Å². The van der Waals surface area contributed by atoms with Gasteiger partial charge < -0.3 is 10.1 Å². The largest absolute Gasteiger partial charge is 0.377 e. The van der Waals surface area contributed by atoms with Crippen LogP contribution in [0.25, 0.3) is 0 Å². The van der Waals surface area contributed by atoms with Crippen molar-refractivity contribution < 1.29 is 9.53 Å². The van der Waals surface area contributed by atoms with E-state index in [1.54, 1.807) is 7.11 Å². The van der Waals surface area contributed by atoms with E-state index < -0.39 is 0 Å². The molecule has 0 aromatic rings. The fourth-order valence-electron chi connectivity index (χ4n) is 1.93. The molecule has 0 spiro atoms. The lowest BCUT2D eigenvalue weighted by molar-refractivity contribution is -0.160. The third kappa shape index (κ3) is 1.35. The van der Waals surface area contributed by atoms with Gasteiger partial charge in [0.25, 0.3) is 0 Å². The van der Waals surface area contributed by atoms with Crippen molar-refractivity contribution in [2.75, 3.05) is 7.11 Å². The molecule has 13 heavy (non-hydrogen) atoms. The van der Waals surface area contributed by atoms with Crippen LogP contribution in [0.1, 0.15) is 34.1 Å². The quantitative estimate of drug-likeness (QED) is 0.673. The van der Waals surface area contributed by atoms with Crippen molar-refractivity contribution >= 4 is 5.91 Å². The summed E-state index contributed by atoms with van der Waals surface area (Å²) in [6.45, 7) is 8.05. The molecule has 1 aliphatic heterocycles. The molecule has 1 amide bonds. The molecule has 1 saturated heterocycles. The zero-order valence-corrected chi connectivity index (χ0v) is 9.10. The van der Waals surface area contributed by atoms with Crippen molar-refractivity contribution in [3.8, 4) is 0 Å². The van der Waals surface area contributed by atoms with Crippen molar-refractivity contribution in [2.45, 2.75) is 45.8 Å². The Kier molecular flexibility index (Phi) is 2.41. The van der Waals surface area contributed by atoms with Crippen molar-refractivity contribution in [2.24, 2.45) is 5.41 Å². The monoisotopic (exact) mass is 185 g/mol. The molecule has 0 aromatic carbocycles. The molecule has 76 valence electrons. The van der Waals surface area contributed by atoms with Gasteiger partial charge in [-0.25, -0.2) is 0 Å². The van der Waals surface area contributed by atoms with Crippen molar-refractivity contribution in [1.82, 2.24) is 5.32 Å². The lowest BCUT2D eigenvalue weighted by Crippen LogP contribution is -2.73. The molecule has 2 atom stereocenters. The molecule has 1 heterocycles. The van der Waals surface area contributed by atoms with E-state index in [0.717, 1.165) is 6.42 Å². The Hall–Kier alpha value is -0.570. The first kappa shape index (κ1) is 10.5. The summed E-state index contributed by atoms with van der Waals surface area (Å²) in [4.78, 5) is 11.4. The Balaban J connectivity index is 2.81. The fraction of sp³-hybridized carbons (Fsp3) is 0.900. The van der Waals surface area contributed by atoms with Crippen LogP contribution in [-0.4, -0.2) is 24.7 Å². The van der Waals surface area contributed by atoms with Gasteiger partial charge in [0, 0.05) is 7.11 Å². The van der Waals surface area contributed by atoms with Crippen LogP contribution < -0.4 is 5.32 Å². The normalized spacial score (nSPS) is 33.9. The second-order valence-electron chi connectivity index (χ2n) is 4.49. The molecule has 3 heteroatoms. The summed E-state index contributed by atoms with van der Waals surface area (Å²) >= 11 is 0. The SMILES string of the molecule is CCC1(C)C(=O)NC1C(C)(C)OC. The van der Waals surface area contributed by atoms with Crippen LogP contribution in [0.5, 0.6) is 0 Å². The smallest absolute Gasteiger partial charge is 0.228 e. The number of methoxy groups -OCH3 is 1. The zero-order valence-electron chi connectivity index (χ0n) is 9.10. The number of nitrogens with one attached hydrogen (secondary N) is 1. The molecule has 1 fully saturated rings. The predicted molar refractivity (Wildman–Crippen MR) is 51.4 cm³/mol. The van der Waals surface area contributed by atoms with Gasteiger partial charge in [-0.3, -0.25) is 4.79 Å². The van der Waals surface area contributed by atoms with Gasteiger partial charge in [-0.15, -0.1) is 0 Å². The van der Waals surface area contributed by atoms with E-state index in [0.29, 0.717) is 0 Å². The van der Waals surface area contributed by atoms with Crippen LogP contribution in [0.2, 0.25) is 0 Å². The summed E-state index contributed by atoms with van der Waals surface area (Å²) in [7, 11) is 1.68. The molecule has 3 nitrogen and oxygen atoms in total. The summed E-state index contributed by atoms with van der Waals surface area (Å²) in [6.07, 6.45) is 0.857. The van der Waals surface area contributed by atoms with Gasteiger partial charge in [0.15, 0.2) is 0 Å². The van der Waals surface area contributed by atoms with Gasteiger partial charge in [0.05, 0.1) is 17.1 Å². The highest BCUT2D eigenvalue weighted by Crippen LogP contribution is 2.40. The second kappa shape index (κ2) is 2.98. The first-order chi connectivity index (χ1) is 5.88. The Morgan fingerprint density at radius 1 is 1.62 bits per heavy atom. The number of rotatable bonds is 3. The average molecular weight is 185 g/mol. The maximum Gasteiger partial charge on any atom is 0.228 e.